The Morgan fingerprint density at radius 2 is 2.40 bits per heavy atom. The highest BCUT2D eigenvalue weighted by atomic mass is 127. The summed E-state index contributed by atoms with van der Waals surface area (Å²) in [4.78, 5) is 15.0. The van der Waals surface area contributed by atoms with Crippen molar-refractivity contribution in [1.82, 2.24) is 9.55 Å². The number of pyridine rings is 1. The number of halogens is 1. The average Bonchev–Trinajstić information content (AvgIpc) is 2.44. The molecule has 0 radical (unpaired) electrons. The van der Waals surface area contributed by atoms with Gasteiger partial charge in [0.15, 0.2) is 0 Å². The lowest BCUT2D eigenvalue weighted by Gasteiger charge is -2.03. The van der Waals surface area contributed by atoms with Gasteiger partial charge in [0.05, 0.1) is 9.09 Å². The van der Waals surface area contributed by atoms with Crippen LogP contribution in [0.4, 0.5) is 0 Å². The van der Waals surface area contributed by atoms with Crippen LogP contribution in [0.2, 0.25) is 0 Å². The molecule has 0 atom stereocenters. The first-order chi connectivity index (χ1) is 7.11. The summed E-state index contributed by atoms with van der Waals surface area (Å²) in [6.07, 6.45) is 1.72. The van der Waals surface area contributed by atoms with Crippen LogP contribution in [-0.2, 0) is 11.3 Å². The first-order valence-electron chi connectivity index (χ1n) is 4.42. The van der Waals surface area contributed by atoms with Crippen molar-refractivity contribution >= 4 is 39.6 Å². The Balaban J connectivity index is 2.72. The highest BCUT2D eigenvalue weighted by Gasteiger charge is 2.13. The molecule has 78 valence electrons. The molecule has 5 heteroatoms. The van der Waals surface area contributed by atoms with Gasteiger partial charge in [-0.2, -0.15) is 0 Å². The summed E-state index contributed by atoms with van der Waals surface area (Å²) in [5.41, 5.74) is 2.70. The minimum absolute atomic E-state index is 0.0168. The van der Waals surface area contributed by atoms with Gasteiger partial charge in [-0.1, -0.05) is 0 Å². The molecule has 2 aromatic rings. The van der Waals surface area contributed by atoms with Gasteiger partial charge in [-0.3, -0.25) is 9.78 Å². The molecule has 2 aromatic heterocycles. The number of carbonyl (C=O) groups is 1. The zero-order chi connectivity index (χ0) is 11.0. The van der Waals surface area contributed by atoms with Crippen LogP contribution < -0.4 is 0 Å². The van der Waals surface area contributed by atoms with Crippen molar-refractivity contribution in [3.05, 3.63) is 27.6 Å². The number of carboxylic acids is 1. The maximum absolute atomic E-state index is 10.7. The van der Waals surface area contributed by atoms with Crippen LogP contribution >= 0.6 is 22.6 Å². The zero-order valence-electron chi connectivity index (χ0n) is 8.07. The molecule has 0 bridgehead atoms. The van der Waals surface area contributed by atoms with Crippen molar-refractivity contribution in [2.45, 2.75) is 13.5 Å². The van der Waals surface area contributed by atoms with E-state index >= 15 is 0 Å². The van der Waals surface area contributed by atoms with E-state index in [9.17, 15) is 4.79 Å². The molecule has 0 aliphatic carbocycles. The molecule has 0 amide bonds. The second kappa shape index (κ2) is 3.80. The Kier molecular flexibility index (Phi) is 2.64. The smallest absolute Gasteiger partial charge is 0.323 e. The highest BCUT2D eigenvalue weighted by Crippen LogP contribution is 2.24. The summed E-state index contributed by atoms with van der Waals surface area (Å²) in [6, 6.07) is 3.70. The second-order valence-corrected chi connectivity index (χ2v) is 4.33. The normalized spacial score (nSPS) is 10.8. The number of rotatable bonds is 2. The van der Waals surface area contributed by atoms with Gasteiger partial charge in [-0.15, -0.1) is 0 Å². The van der Waals surface area contributed by atoms with Gasteiger partial charge in [0, 0.05) is 11.9 Å². The van der Waals surface area contributed by atoms with Gasteiger partial charge >= 0.3 is 5.97 Å². The summed E-state index contributed by atoms with van der Waals surface area (Å²) in [5.74, 6) is -0.838. The van der Waals surface area contributed by atoms with E-state index in [4.69, 9.17) is 5.11 Å². The van der Waals surface area contributed by atoms with Crippen molar-refractivity contribution in [3.63, 3.8) is 0 Å². The molecular formula is C10H9IN2O2. The predicted molar refractivity (Wildman–Crippen MR) is 64.8 cm³/mol. The molecule has 2 rings (SSSR count). The van der Waals surface area contributed by atoms with Crippen LogP contribution in [0.3, 0.4) is 0 Å². The van der Waals surface area contributed by atoms with Crippen molar-refractivity contribution < 1.29 is 9.90 Å². The van der Waals surface area contributed by atoms with Crippen LogP contribution in [-0.4, -0.2) is 20.6 Å². The first kappa shape index (κ1) is 10.4. The number of aromatic nitrogens is 2. The number of nitrogens with zero attached hydrogens (tertiary/aromatic N) is 2. The van der Waals surface area contributed by atoms with Gasteiger partial charge in [0.2, 0.25) is 0 Å². The second-order valence-electron chi connectivity index (χ2n) is 3.25. The summed E-state index contributed by atoms with van der Waals surface area (Å²) in [5, 5.41) is 8.82. The van der Waals surface area contributed by atoms with Crippen molar-refractivity contribution in [2.24, 2.45) is 0 Å². The molecule has 4 nitrogen and oxygen atoms in total. The Hall–Kier alpha value is -1.11. The average molecular weight is 316 g/mol. The standard InChI is InChI=1S/C10H9IN2O2/c1-6-9(11)10-7(3-2-4-12-10)13(6)5-8(14)15/h2-4H,5H2,1H3,(H,14,15). The van der Waals surface area contributed by atoms with Gasteiger partial charge in [0.25, 0.3) is 0 Å². The minimum Gasteiger partial charge on any atom is -0.480 e. The minimum atomic E-state index is -0.838. The number of hydrogen-bond acceptors (Lipinski definition) is 2. The molecule has 0 unspecified atom stereocenters. The Labute approximate surface area is 100 Å². The van der Waals surface area contributed by atoms with Crippen LogP contribution in [0.15, 0.2) is 18.3 Å². The monoisotopic (exact) mass is 316 g/mol. The molecular weight excluding hydrogens is 307 g/mol. The third-order valence-electron chi connectivity index (χ3n) is 2.30. The number of hydrogen-bond donors (Lipinski definition) is 1. The summed E-state index contributed by atoms with van der Waals surface area (Å²) in [6.45, 7) is 1.89. The number of carboxylic acid groups (broad SMARTS) is 1. The molecule has 0 aliphatic heterocycles. The molecule has 0 spiro atoms. The predicted octanol–water partition coefficient (Wildman–Crippen LogP) is 2.03. The molecule has 0 aromatic carbocycles. The quantitative estimate of drug-likeness (QED) is 0.863. The zero-order valence-corrected chi connectivity index (χ0v) is 10.2. The summed E-state index contributed by atoms with van der Waals surface area (Å²) >= 11 is 2.19. The maximum Gasteiger partial charge on any atom is 0.323 e. The van der Waals surface area contributed by atoms with Crippen molar-refractivity contribution in [1.29, 1.82) is 0 Å². The molecule has 1 N–H and O–H groups in total. The third kappa shape index (κ3) is 1.71. The molecule has 15 heavy (non-hydrogen) atoms. The van der Waals surface area contributed by atoms with Crippen molar-refractivity contribution in [3.8, 4) is 0 Å². The van der Waals surface area contributed by atoms with E-state index in [0.717, 1.165) is 20.3 Å². The first-order valence-corrected chi connectivity index (χ1v) is 5.50. The fourth-order valence-electron chi connectivity index (χ4n) is 1.59. The van der Waals surface area contributed by atoms with Crippen LogP contribution in [0.5, 0.6) is 0 Å². The van der Waals surface area contributed by atoms with E-state index in [-0.39, 0.29) is 6.54 Å². The fourth-order valence-corrected chi connectivity index (χ4v) is 2.30. The molecule has 0 saturated carbocycles. The fraction of sp³-hybridized carbons (Fsp3) is 0.200. The van der Waals surface area contributed by atoms with E-state index in [1.54, 1.807) is 10.8 Å². The number of aliphatic carboxylic acids is 1. The van der Waals surface area contributed by atoms with E-state index < -0.39 is 5.97 Å². The molecule has 0 saturated heterocycles. The van der Waals surface area contributed by atoms with Crippen LogP contribution in [0.25, 0.3) is 11.0 Å². The SMILES string of the molecule is Cc1c(I)c2ncccc2n1CC(=O)O. The molecule has 0 aliphatic rings. The topological polar surface area (TPSA) is 55.1 Å². The van der Waals surface area contributed by atoms with Gasteiger partial charge in [-0.05, 0) is 41.6 Å². The van der Waals surface area contributed by atoms with Crippen LogP contribution in [0, 0.1) is 10.5 Å². The van der Waals surface area contributed by atoms with E-state index in [1.807, 2.05) is 19.1 Å². The molecule has 2 heterocycles. The lowest BCUT2D eigenvalue weighted by molar-refractivity contribution is -0.137. The Morgan fingerprint density at radius 3 is 3.07 bits per heavy atom. The highest BCUT2D eigenvalue weighted by molar-refractivity contribution is 14.1. The molecule has 0 fully saturated rings. The van der Waals surface area contributed by atoms with Gasteiger partial charge in [-0.25, -0.2) is 0 Å². The lowest BCUT2D eigenvalue weighted by Crippen LogP contribution is -2.09. The third-order valence-corrected chi connectivity index (χ3v) is 3.59. The maximum atomic E-state index is 10.7. The Morgan fingerprint density at radius 1 is 1.67 bits per heavy atom. The van der Waals surface area contributed by atoms with E-state index in [0.29, 0.717) is 0 Å². The van der Waals surface area contributed by atoms with Gasteiger partial charge < -0.3 is 9.67 Å². The van der Waals surface area contributed by atoms with Crippen molar-refractivity contribution in [2.75, 3.05) is 0 Å². The van der Waals surface area contributed by atoms with Crippen LogP contribution in [0.1, 0.15) is 5.69 Å². The summed E-state index contributed by atoms with van der Waals surface area (Å²) < 4.78 is 2.79. The van der Waals surface area contributed by atoms with E-state index in [1.165, 1.54) is 0 Å². The summed E-state index contributed by atoms with van der Waals surface area (Å²) in [7, 11) is 0. The van der Waals surface area contributed by atoms with E-state index in [2.05, 4.69) is 27.6 Å². The number of fused-ring (bicyclic) bond motifs is 1. The Bertz CT molecular complexity index is 533. The largest absolute Gasteiger partial charge is 0.480 e. The van der Waals surface area contributed by atoms with Gasteiger partial charge in [0.1, 0.15) is 12.1 Å². The lowest BCUT2D eigenvalue weighted by atomic mass is 10.4.